The predicted molar refractivity (Wildman–Crippen MR) is 151 cm³/mol. The molecule has 0 saturated heterocycles. The van der Waals surface area contributed by atoms with Crippen LogP contribution in [0.3, 0.4) is 0 Å². The average Bonchev–Trinajstić information content (AvgIpc) is 2.90. The number of hydrogen-bond acceptors (Lipinski definition) is 2. The van der Waals surface area contributed by atoms with Gasteiger partial charge in [0.1, 0.15) is 6.04 Å². The van der Waals surface area contributed by atoms with Gasteiger partial charge in [-0.3, -0.25) is 9.59 Å². The molecule has 2 amide bonds. The van der Waals surface area contributed by atoms with Gasteiger partial charge < -0.3 is 10.2 Å². The number of nitrogens with zero attached hydrogens (tertiary/aromatic N) is 1. The van der Waals surface area contributed by atoms with Crippen LogP contribution in [-0.2, 0) is 29.0 Å². The third kappa shape index (κ3) is 7.73. The fourth-order valence-corrected chi connectivity index (χ4v) is 5.51. The molecule has 0 aliphatic heterocycles. The van der Waals surface area contributed by atoms with Gasteiger partial charge in [-0.25, -0.2) is 0 Å². The summed E-state index contributed by atoms with van der Waals surface area (Å²) in [5.74, 6) is -0.345. The normalized spacial score (nSPS) is 14.7. The molecule has 3 aromatic carbocycles. The zero-order valence-corrected chi connectivity index (χ0v) is 22.9. The zero-order chi connectivity index (χ0) is 26.2. The molecule has 0 radical (unpaired) electrons. The average molecular weight is 558 g/mol. The van der Waals surface area contributed by atoms with E-state index in [-0.39, 0.29) is 30.8 Å². The lowest BCUT2D eigenvalue weighted by Gasteiger charge is -2.34. The summed E-state index contributed by atoms with van der Waals surface area (Å²) in [6, 6.07) is 21.7. The van der Waals surface area contributed by atoms with E-state index in [1.54, 1.807) is 29.2 Å². The van der Waals surface area contributed by atoms with Gasteiger partial charge in [-0.05, 0) is 47.7 Å². The van der Waals surface area contributed by atoms with Crippen molar-refractivity contribution in [2.75, 3.05) is 0 Å². The van der Waals surface area contributed by atoms with Crippen LogP contribution in [0.15, 0.2) is 72.8 Å². The minimum absolute atomic E-state index is 0.0441. The van der Waals surface area contributed by atoms with Crippen LogP contribution in [0.5, 0.6) is 0 Å². The Morgan fingerprint density at radius 3 is 2.24 bits per heavy atom. The van der Waals surface area contributed by atoms with E-state index in [9.17, 15) is 9.59 Å². The number of halogens is 3. The van der Waals surface area contributed by atoms with Gasteiger partial charge in [-0.2, -0.15) is 0 Å². The van der Waals surface area contributed by atoms with Gasteiger partial charge >= 0.3 is 0 Å². The Morgan fingerprint density at radius 1 is 0.838 bits per heavy atom. The molecular formula is C30H31Cl3N2O2. The van der Waals surface area contributed by atoms with Crippen molar-refractivity contribution in [1.29, 1.82) is 0 Å². The monoisotopic (exact) mass is 556 g/mol. The molecule has 4 nitrogen and oxygen atoms in total. The van der Waals surface area contributed by atoms with Gasteiger partial charge in [-0.1, -0.05) is 109 Å². The summed E-state index contributed by atoms with van der Waals surface area (Å²) in [4.78, 5) is 29.4. The van der Waals surface area contributed by atoms with Crippen LogP contribution in [-0.4, -0.2) is 28.8 Å². The first-order valence-electron chi connectivity index (χ1n) is 12.7. The third-order valence-electron chi connectivity index (χ3n) is 6.88. The lowest BCUT2D eigenvalue weighted by molar-refractivity contribution is -0.141. The van der Waals surface area contributed by atoms with Crippen LogP contribution in [0.25, 0.3) is 0 Å². The Bertz CT molecular complexity index is 1210. The smallest absolute Gasteiger partial charge is 0.243 e. The molecule has 1 atom stereocenters. The second kappa shape index (κ2) is 13.3. The SMILES string of the molecule is O=C(NC1CCCCC1)[C@@H](Cc1ccccc1)N(Cc1ccccc1Cl)C(=O)Cc1ccc(Cl)cc1Cl. The molecule has 0 aromatic heterocycles. The Labute approximate surface area is 233 Å². The quantitative estimate of drug-likeness (QED) is 0.301. The number of amides is 2. The highest BCUT2D eigenvalue weighted by molar-refractivity contribution is 6.35. The van der Waals surface area contributed by atoms with Crippen LogP contribution < -0.4 is 5.32 Å². The molecule has 0 bridgehead atoms. The highest BCUT2D eigenvalue weighted by Crippen LogP contribution is 2.25. The van der Waals surface area contributed by atoms with Gasteiger partial charge in [0.25, 0.3) is 0 Å². The van der Waals surface area contributed by atoms with Crippen molar-refractivity contribution < 1.29 is 9.59 Å². The molecule has 1 fully saturated rings. The van der Waals surface area contributed by atoms with Crippen LogP contribution in [0.1, 0.15) is 48.8 Å². The summed E-state index contributed by atoms with van der Waals surface area (Å²) in [6.07, 6.45) is 5.76. The molecule has 0 spiro atoms. The molecule has 4 rings (SSSR count). The van der Waals surface area contributed by atoms with Crippen molar-refractivity contribution in [3.63, 3.8) is 0 Å². The maximum atomic E-state index is 13.9. The molecule has 1 N–H and O–H groups in total. The summed E-state index contributed by atoms with van der Waals surface area (Å²) < 4.78 is 0. The second-order valence-corrected chi connectivity index (χ2v) is 10.8. The largest absolute Gasteiger partial charge is 0.352 e. The standard InChI is InChI=1S/C30H31Cl3N2O2/c31-24-16-15-22(27(33)19-24)18-29(36)35(20-23-11-7-8-14-26(23)32)28(17-21-9-3-1-4-10-21)30(37)34-25-12-5-2-6-13-25/h1,3-4,7-11,14-16,19,25,28H,2,5-6,12-13,17-18,20H2,(H,34,37)/t28-/m1/s1. The van der Waals surface area contributed by atoms with Gasteiger partial charge in [0.15, 0.2) is 0 Å². The van der Waals surface area contributed by atoms with Crippen molar-refractivity contribution in [3.8, 4) is 0 Å². The van der Waals surface area contributed by atoms with Crippen molar-refractivity contribution in [3.05, 3.63) is 105 Å². The van der Waals surface area contributed by atoms with E-state index in [0.29, 0.717) is 27.1 Å². The van der Waals surface area contributed by atoms with Crippen LogP contribution in [0.2, 0.25) is 15.1 Å². The first-order chi connectivity index (χ1) is 17.9. The molecule has 1 saturated carbocycles. The Balaban J connectivity index is 1.68. The van der Waals surface area contributed by atoms with Crippen LogP contribution in [0, 0.1) is 0 Å². The van der Waals surface area contributed by atoms with Gasteiger partial charge in [-0.15, -0.1) is 0 Å². The lowest BCUT2D eigenvalue weighted by atomic mass is 9.94. The van der Waals surface area contributed by atoms with E-state index in [0.717, 1.165) is 36.8 Å². The maximum absolute atomic E-state index is 13.9. The highest BCUT2D eigenvalue weighted by Gasteiger charge is 2.32. The third-order valence-corrected chi connectivity index (χ3v) is 7.83. The van der Waals surface area contributed by atoms with Crippen LogP contribution >= 0.6 is 34.8 Å². The molecule has 7 heteroatoms. The number of carbonyl (C=O) groups is 2. The Kier molecular flexibility index (Phi) is 9.90. The van der Waals surface area contributed by atoms with Crippen molar-refractivity contribution >= 4 is 46.6 Å². The van der Waals surface area contributed by atoms with Crippen molar-refractivity contribution in [2.24, 2.45) is 0 Å². The minimum Gasteiger partial charge on any atom is -0.352 e. The predicted octanol–water partition coefficient (Wildman–Crippen LogP) is 7.28. The molecule has 37 heavy (non-hydrogen) atoms. The van der Waals surface area contributed by atoms with Crippen molar-refractivity contribution in [1.82, 2.24) is 10.2 Å². The molecule has 0 heterocycles. The minimum atomic E-state index is -0.709. The maximum Gasteiger partial charge on any atom is 0.243 e. The summed E-state index contributed by atoms with van der Waals surface area (Å²) in [5.41, 5.74) is 2.42. The number of carbonyl (C=O) groups excluding carboxylic acids is 2. The highest BCUT2D eigenvalue weighted by atomic mass is 35.5. The number of rotatable bonds is 9. The fourth-order valence-electron chi connectivity index (χ4n) is 4.84. The first-order valence-corrected chi connectivity index (χ1v) is 13.8. The Hall–Kier alpha value is -2.53. The van der Waals surface area contributed by atoms with E-state index in [1.807, 2.05) is 48.5 Å². The van der Waals surface area contributed by atoms with Gasteiger partial charge in [0.05, 0.1) is 6.42 Å². The molecular weight excluding hydrogens is 527 g/mol. The molecule has 194 valence electrons. The molecule has 1 aliphatic rings. The van der Waals surface area contributed by atoms with E-state index in [2.05, 4.69) is 5.32 Å². The van der Waals surface area contributed by atoms with E-state index >= 15 is 0 Å². The van der Waals surface area contributed by atoms with E-state index in [4.69, 9.17) is 34.8 Å². The number of hydrogen-bond donors (Lipinski definition) is 1. The van der Waals surface area contributed by atoms with Crippen LogP contribution in [0.4, 0.5) is 0 Å². The molecule has 3 aromatic rings. The summed E-state index contributed by atoms with van der Waals surface area (Å²) in [6.45, 7) is 0.208. The van der Waals surface area contributed by atoms with E-state index in [1.165, 1.54) is 6.42 Å². The van der Waals surface area contributed by atoms with Gasteiger partial charge in [0.2, 0.25) is 11.8 Å². The first kappa shape index (κ1) is 27.5. The summed E-state index contributed by atoms with van der Waals surface area (Å²) in [7, 11) is 0. The lowest BCUT2D eigenvalue weighted by Crippen LogP contribution is -2.53. The topological polar surface area (TPSA) is 49.4 Å². The Morgan fingerprint density at radius 2 is 1.54 bits per heavy atom. The summed E-state index contributed by atoms with van der Waals surface area (Å²) in [5, 5.41) is 4.72. The number of nitrogens with one attached hydrogen (secondary N) is 1. The number of benzene rings is 3. The second-order valence-electron chi connectivity index (χ2n) is 9.57. The van der Waals surface area contributed by atoms with Crippen molar-refractivity contribution in [2.45, 2.75) is 63.6 Å². The fraction of sp³-hybridized carbons (Fsp3) is 0.333. The van der Waals surface area contributed by atoms with Gasteiger partial charge in [0, 0.05) is 34.1 Å². The zero-order valence-electron chi connectivity index (χ0n) is 20.6. The molecule has 1 aliphatic carbocycles. The van der Waals surface area contributed by atoms with E-state index < -0.39 is 6.04 Å². The molecule has 0 unspecified atom stereocenters. The summed E-state index contributed by atoms with van der Waals surface area (Å²) >= 11 is 19.0.